The smallest absolute Gasteiger partial charge is 0.296 e. The highest BCUT2D eigenvalue weighted by Crippen LogP contribution is 2.39. The van der Waals surface area contributed by atoms with E-state index in [-0.39, 0.29) is 24.9 Å². The average Bonchev–Trinajstić information content (AvgIpc) is 3.28. The third-order valence-corrected chi connectivity index (χ3v) is 7.94. The van der Waals surface area contributed by atoms with E-state index in [1.807, 2.05) is 36.4 Å². The van der Waals surface area contributed by atoms with E-state index in [0.29, 0.717) is 46.2 Å². The molecule has 2 N–H and O–H groups in total. The minimum atomic E-state index is -0.639. The fourth-order valence-corrected chi connectivity index (χ4v) is 5.58. The van der Waals surface area contributed by atoms with E-state index in [1.54, 1.807) is 6.07 Å². The quantitative estimate of drug-likeness (QED) is 0.303. The molecule has 8 rings (SSSR count). The first-order valence-electron chi connectivity index (χ1n) is 13.3. The van der Waals surface area contributed by atoms with Gasteiger partial charge in [0.15, 0.2) is 11.8 Å². The largest absolute Gasteiger partial charge is 0.456 e. The van der Waals surface area contributed by atoms with E-state index in [9.17, 15) is 5.11 Å². The van der Waals surface area contributed by atoms with Crippen LogP contribution in [0.25, 0.3) is 44.9 Å². The number of ether oxygens (including phenoxy) is 3. The molecule has 40 heavy (non-hydrogen) atoms. The van der Waals surface area contributed by atoms with Crippen LogP contribution in [0.15, 0.2) is 59.1 Å². The van der Waals surface area contributed by atoms with E-state index in [1.165, 1.54) is 0 Å². The summed E-state index contributed by atoms with van der Waals surface area (Å²) < 4.78 is 22.7. The lowest BCUT2D eigenvalue weighted by molar-refractivity contribution is 0.00706. The summed E-state index contributed by atoms with van der Waals surface area (Å²) in [7, 11) is 0. The summed E-state index contributed by atoms with van der Waals surface area (Å²) in [6.45, 7) is 0.553. The summed E-state index contributed by atoms with van der Waals surface area (Å²) in [6.07, 6.45) is 0.541. The molecule has 2 saturated heterocycles. The number of aliphatic hydroxyl groups is 1. The number of benzene rings is 2. The molecule has 3 aliphatic rings. The molecule has 0 amide bonds. The van der Waals surface area contributed by atoms with Gasteiger partial charge >= 0.3 is 0 Å². The van der Waals surface area contributed by atoms with Crippen molar-refractivity contribution < 1.29 is 23.8 Å². The standard InChI is InChI=1S/C29H24ClN5O5/c30-19-11-20-27(34-29(31-20)39-22-13-38-24-21(36)12-37-25(22)24)32-23(19)16-5-1-14(2-6-16)15-3-7-17(8-4-15)26-33-28(40-35-26)18-9-10-18/h1-8,11,18,21-22,24-25,36H,9-10,12-13H2,(H,31,32,34)/t21-,22-,24-,25?/m1/s1. The molecule has 3 aromatic heterocycles. The molecular weight excluding hydrogens is 534 g/mol. The van der Waals surface area contributed by atoms with Gasteiger partial charge in [-0.25, -0.2) is 4.98 Å². The molecule has 0 radical (unpaired) electrons. The van der Waals surface area contributed by atoms with Crippen LogP contribution in [0.4, 0.5) is 0 Å². The van der Waals surface area contributed by atoms with Crippen LogP contribution in [0.3, 0.4) is 0 Å². The fourth-order valence-electron chi connectivity index (χ4n) is 5.32. The number of aromatic nitrogens is 5. The van der Waals surface area contributed by atoms with E-state index in [0.717, 1.165) is 41.0 Å². The average molecular weight is 558 g/mol. The zero-order valence-corrected chi connectivity index (χ0v) is 21.9. The molecule has 202 valence electrons. The number of fused-ring (bicyclic) bond motifs is 2. The monoisotopic (exact) mass is 557 g/mol. The molecule has 10 nitrogen and oxygen atoms in total. The van der Waals surface area contributed by atoms with Gasteiger partial charge in [-0.2, -0.15) is 9.97 Å². The first kappa shape index (κ1) is 24.0. The van der Waals surface area contributed by atoms with E-state index in [2.05, 4.69) is 32.2 Å². The maximum atomic E-state index is 9.96. The molecule has 2 aliphatic heterocycles. The van der Waals surface area contributed by atoms with Crippen LogP contribution in [0.2, 0.25) is 5.02 Å². The Bertz CT molecular complexity index is 1700. The number of aliphatic hydroxyl groups excluding tert-OH is 1. The van der Waals surface area contributed by atoms with Crippen LogP contribution in [0.1, 0.15) is 24.7 Å². The Morgan fingerprint density at radius 3 is 2.30 bits per heavy atom. The normalized spacial score (nSPS) is 24.1. The van der Waals surface area contributed by atoms with Gasteiger partial charge in [0.05, 0.1) is 29.4 Å². The molecule has 0 spiro atoms. The van der Waals surface area contributed by atoms with Gasteiger partial charge in [-0.15, -0.1) is 0 Å². The van der Waals surface area contributed by atoms with Gasteiger partial charge in [0, 0.05) is 17.0 Å². The number of pyridine rings is 1. The predicted molar refractivity (Wildman–Crippen MR) is 145 cm³/mol. The van der Waals surface area contributed by atoms with E-state index >= 15 is 0 Å². The lowest BCUT2D eigenvalue weighted by Gasteiger charge is -2.15. The second-order valence-electron chi connectivity index (χ2n) is 10.4. The number of H-pyrrole nitrogens is 1. The fraction of sp³-hybridized carbons (Fsp3) is 0.310. The van der Waals surface area contributed by atoms with Crippen molar-refractivity contribution in [3.8, 4) is 39.8 Å². The highest BCUT2D eigenvalue weighted by atomic mass is 35.5. The van der Waals surface area contributed by atoms with Crippen LogP contribution in [0.5, 0.6) is 6.01 Å². The zero-order valence-electron chi connectivity index (χ0n) is 21.2. The van der Waals surface area contributed by atoms with Crippen LogP contribution in [0, 0.1) is 0 Å². The van der Waals surface area contributed by atoms with Crippen LogP contribution < -0.4 is 4.74 Å². The zero-order chi connectivity index (χ0) is 26.8. The first-order chi connectivity index (χ1) is 19.6. The van der Waals surface area contributed by atoms with E-state index < -0.39 is 6.10 Å². The maximum absolute atomic E-state index is 9.96. The summed E-state index contributed by atoms with van der Waals surface area (Å²) in [4.78, 5) is 16.9. The van der Waals surface area contributed by atoms with Gasteiger partial charge < -0.3 is 28.8 Å². The lowest BCUT2D eigenvalue weighted by atomic mass is 10.0. The first-order valence-corrected chi connectivity index (χ1v) is 13.7. The van der Waals surface area contributed by atoms with Crippen molar-refractivity contribution >= 4 is 22.8 Å². The number of halogens is 1. The third-order valence-electron chi connectivity index (χ3n) is 7.65. The van der Waals surface area contributed by atoms with Crippen molar-refractivity contribution in [2.45, 2.75) is 43.2 Å². The van der Waals surface area contributed by atoms with Crippen LogP contribution in [-0.2, 0) is 9.47 Å². The summed E-state index contributed by atoms with van der Waals surface area (Å²) in [5.41, 5.74) is 5.71. The van der Waals surface area contributed by atoms with Gasteiger partial charge in [0.1, 0.15) is 18.3 Å². The molecule has 2 aromatic carbocycles. The summed E-state index contributed by atoms with van der Waals surface area (Å²) >= 11 is 6.63. The third kappa shape index (κ3) is 4.24. The molecule has 4 atom stereocenters. The van der Waals surface area contributed by atoms with Crippen molar-refractivity contribution in [2.75, 3.05) is 13.2 Å². The summed E-state index contributed by atoms with van der Waals surface area (Å²) in [5, 5.41) is 14.6. The van der Waals surface area contributed by atoms with Crippen molar-refractivity contribution in [2.24, 2.45) is 0 Å². The Labute approximate surface area is 233 Å². The highest BCUT2D eigenvalue weighted by Gasteiger charge is 2.48. The van der Waals surface area contributed by atoms with Crippen molar-refractivity contribution in [3.63, 3.8) is 0 Å². The van der Waals surface area contributed by atoms with E-state index in [4.69, 9.17) is 35.3 Å². The molecule has 1 saturated carbocycles. The second-order valence-corrected chi connectivity index (χ2v) is 10.8. The second kappa shape index (κ2) is 9.38. The van der Waals surface area contributed by atoms with Crippen molar-refractivity contribution in [3.05, 3.63) is 65.5 Å². The van der Waals surface area contributed by atoms with Crippen molar-refractivity contribution in [1.82, 2.24) is 25.1 Å². The molecule has 3 fully saturated rings. The molecule has 1 unspecified atom stereocenters. The van der Waals surface area contributed by atoms with Crippen molar-refractivity contribution in [1.29, 1.82) is 0 Å². The van der Waals surface area contributed by atoms with Crippen LogP contribution in [-0.4, -0.2) is 67.8 Å². The number of hydrogen-bond donors (Lipinski definition) is 2. The summed E-state index contributed by atoms with van der Waals surface area (Å²) in [5.74, 6) is 1.79. The molecule has 1 aliphatic carbocycles. The SMILES string of the molecule is O[C@@H]1COC2[C@H](Oc3nc4nc(-c5ccc(-c6ccc(-c7noc(C8CC8)n7)cc6)cc5)c(Cl)cc4[nH]3)CO[C@@H]21. The Morgan fingerprint density at radius 1 is 0.850 bits per heavy atom. The Kier molecular flexibility index (Phi) is 5.63. The Hall–Kier alpha value is -3.83. The molecule has 11 heteroatoms. The van der Waals surface area contributed by atoms with Gasteiger partial charge in [-0.1, -0.05) is 65.3 Å². The maximum Gasteiger partial charge on any atom is 0.296 e. The Morgan fingerprint density at radius 2 is 1.55 bits per heavy atom. The number of nitrogens with zero attached hydrogens (tertiary/aromatic N) is 4. The predicted octanol–water partition coefficient (Wildman–Crippen LogP) is 4.78. The number of imidazole rings is 1. The Balaban J connectivity index is 1.00. The van der Waals surface area contributed by atoms with Gasteiger partial charge in [-0.3, -0.25) is 0 Å². The highest BCUT2D eigenvalue weighted by molar-refractivity contribution is 6.33. The van der Waals surface area contributed by atoms with Gasteiger partial charge in [0.2, 0.25) is 11.7 Å². The number of hydrogen-bond acceptors (Lipinski definition) is 9. The molecular formula is C29H24ClN5O5. The molecule has 5 aromatic rings. The number of rotatable bonds is 6. The molecule has 0 bridgehead atoms. The topological polar surface area (TPSA) is 128 Å². The van der Waals surface area contributed by atoms with Gasteiger partial charge in [0.25, 0.3) is 6.01 Å². The van der Waals surface area contributed by atoms with Crippen LogP contribution >= 0.6 is 11.6 Å². The molecule has 5 heterocycles. The lowest BCUT2D eigenvalue weighted by Crippen LogP contribution is -2.34. The minimum Gasteiger partial charge on any atom is -0.456 e. The number of nitrogens with one attached hydrogen (secondary N) is 1. The number of aromatic amines is 1. The summed E-state index contributed by atoms with van der Waals surface area (Å²) in [6, 6.07) is 18.3. The van der Waals surface area contributed by atoms with Gasteiger partial charge in [-0.05, 0) is 30.0 Å². The minimum absolute atomic E-state index is 0.237.